The number of carbonyl (C=O) groups excluding carboxylic acids is 2. The molecule has 0 radical (unpaired) electrons. The van der Waals surface area contributed by atoms with Crippen molar-refractivity contribution in [2.75, 3.05) is 6.61 Å². The van der Waals surface area contributed by atoms with Gasteiger partial charge in [-0.25, -0.2) is 0 Å². The van der Waals surface area contributed by atoms with E-state index in [4.69, 9.17) is 4.74 Å². The highest BCUT2D eigenvalue weighted by Gasteiger charge is 2.24. The molecule has 0 spiro atoms. The zero-order valence-electron chi connectivity index (χ0n) is 38.0. The van der Waals surface area contributed by atoms with Crippen molar-refractivity contribution < 1.29 is 24.5 Å². The van der Waals surface area contributed by atoms with Crippen molar-refractivity contribution in [3.05, 3.63) is 36.5 Å². The highest BCUT2D eigenvalue weighted by molar-refractivity contribution is 5.77. The lowest BCUT2D eigenvalue weighted by molar-refractivity contribution is -0.151. The Labute approximate surface area is 353 Å². The zero-order valence-corrected chi connectivity index (χ0v) is 38.0. The van der Waals surface area contributed by atoms with Crippen molar-refractivity contribution in [1.82, 2.24) is 5.32 Å². The second-order valence-corrected chi connectivity index (χ2v) is 16.8. The predicted molar refractivity (Wildman–Crippen MR) is 246 cm³/mol. The maximum Gasteiger partial charge on any atom is 0.306 e. The molecule has 0 bridgehead atoms. The predicted octanol–water partition coefficient (Wildman–Crippen LogP) is 14.5. The Bertz CT molecular complexity index is 946. The van der Waals surface area contributed by atoms with Gasteiger partial charge in [0.1, 0.15) is 6.10 Å². The summed E-state index contributed by atoms with van der Waals surface area (Å²) in [5.41, 5.74) is 0. The van der Waals surface area contributed by atoms with Gasteiger partial charge in [0, 0.05) is 6.42 Å². The average Bonchev–Trinajstić information content (AvgIpc) is 3.20. The van der Waals surface area contributed by atoms with Gasteiger partial charge in [-0.2, -0.15) is 0 Å². The maximum absolute atomic E-state index is 13.2. The summed E-state index contributed by atoms with van der Waals surface area (Å²) in [6.07, 6.45) is 52.0. The number of hydrogen-bond acceptors (Lipinski definition) is 5. The molecule has 0 saturated carbocycles. The molecule has 57 heavy (non-hydrogen) atoms. The van der Waals surface area contributed by atoms with Crippen molar-refractivity contribution in [3.63, 3.8) is 0 Å². The molecule has 3 atom stereocenters. The summed E-state index contributed by atoms with van der Waals surface area (Å²) in [4.78, 5) is 26.1. The molecular weight excluding hydrogens is 707 g/mol. The number of carbonyl (C=O) groups is 2. The Morgan fingerprint density at radius 1 is 0.526 bits per heavy atom. The van der Waals surface area contributed by atoms with Gasteiger partial charge in [0.15, 0.2) is 0 Å². The number of rotatable bonds is 44. The summed E-state index contributed by atoms with van der Waals surface area (Å²) in [5.74, 6) is -0.488. The molecule has 0 aromatic rings. The summed E-state index contributed by atoms with van der Waals surface area (Å²) >= 11 is 0. The number of amides is 1. The number of aliphatic hydroxyl groups excluding tert-OH is 2. The molecule has 0 aliphatic rings. The number of nitrogens with one attached hydrogen (secondary N) is 1. The molecule has 0 heterocycles. The molecule has 0 saturated heterocycles. The van der Waals surface area contributed by atoms with Crippen molar-refractivity contribution in [2.45, 2.75) is 270 Å². The van der Waals surface area contributed by atoms with E-state index < -0.39 is 18.2 Å². The van der Waals surface area contributed by atoms with E-state index in [1.165, 1.54) is 128 Å². The smallest absolute Gasteiger partial charge is 0.306 e. The molecule has 0 aromatic carbocycles. The minimum atomic E-state index is -0.789. The zero-order chi connectivity index (χ0) is 41.7. The summed E-state index contributed by atoms with van der Waals surface area (Å²) in [6.45, 7) is 6.35. The Balaban J connectivity index is 4.57. The largest absolute Gasteiger partial charge is 0.462 e. The topological polar surface area (TPSA) is 95.9 Å². The lowest BCUT2D eigenvalue weighted by atomic mass is 10.0. The van der Waals surface area contributed by atoms with E-state index in [1.54, 1.807) is 0 Å². The third-order valence-corrected chi connectivity index (χ3v) is 11.2. The first kappa shape index (κ1) is 55.1. The maximum atomic E-state index is 13.2. The number of ether oxygens (including phenoxy) is 1. The van der Waals surface area contributed by atoms with Crippen LogP contribution in [-0.4, -0.2) is 46.9 Å². The molecular formula is C51H95NO5. The standard InChI is InChI=1S/C51H95NO5/c1-4-7-10-13-16-19-22-24-25-26-29-32-35-38-41-44-51(56)57-47(42-39-36-33-30-28-23-20-17-14-11-8-5-2)45-50(55)52-48(46-53)49(54)43-40-37-34-31-27-21-18-15-12-9-6-3/h8,11,17,19-20,22,47-49,53-54H,4-7,9-10,12-16,18,21,23-46H2,1-3H3,(H,52,55)/b11-8+,20-17+,22-19-. The number of esters is 1. The quantitative estimate of drug-likeness (QED) is 0.0324. The lowest BCUT2D eigenvalue weighted by Crippen LogP contribution is -2.46. The van der Waals surface area contributed by atoms with Crippen LogP contribution in [0.1, 0.15) is 252 Å². The summed E-state index contributed by atoms with van der Waals surface area (Å²) in [5, 5.41) is 23.7. The molecule has 0 aliphatic carbocycles. The molecule has 6 heteroatoms. The minimum Gasteiger partial charge on any atom is -0.462 e. The minimum absolute atomic E-state index is 0.0682. The van der Waals surface area contributed by atoms with Gasteiger partial charge < -0.3 is 20.3 Å². The first-order chi connectivity index (χ1) is 28.0. The molecule has 6 nitrogen and oxygen atoms in total. The SMILES string of the molecule is CC/C=C/C/C=C/CCCCCCCC(CC(=O)NC(CO)C(O)CCCCCCCCCCCCC)OC(=O)CCCCCCCCC/C=C\CCCCCC. The monoisotopic (exact) mass is 802 g/mol. The fourth-order valence-electron chi connectivity index (χ4n) is 7.46. The van der Waals surface area contributed by atoms with E-state index >= 15 is 0 Å². The second kappa shape index (κ2) is 45.2. The number of unbranched alkanes of at least 4 members (excludes halogenated alkanes) is 26. The third kappa shape index (κ3) is 40.6. The summed E-state index contributed by atoms with van der Waals surface area (Å²) < 4.78 is 5.91. The fourth-order valence-corrected chi connectivity index (χ4v) is 7.46. The summed E-state index contributed by atoms with van der Waals surface area (Å²) in [7, 11) is 0. The van der Waals surface area contributed by atoms with Crippen molar-refractivity contribution in [1.29, 1.82) is 0 Å². The van der Waals surface area contributed by atoms with Gasteiger partial charge in [-0.1, -0.05) is 198 Å². The third-order valence-electron chi connectivity index (χ3n) is 11.2. The van der Waals surface area contributed by atoms with Crippen molar-refractivity contribution in [3.8, 4) is 0 Å². The van der Waals surface area contributed by atoms with Crippen LogP contribution in [0.15, 0.2) is 36.5 Å². The van der Waals surface area contributed by atoms with Crippen LogP contribution in [0.3, 0.4) is 0 Å². The number of aliphatic hydroxyl groups is 2. The summed E-state index contributed by atoms with van der Waals surface area (Å²) in [6, 6.07) is -0.703. The molecule has 0 rings (SSSR count). The van der Waals surface area contributed by atoms with Crippen LogP contribution in [-0.2, 0) is 14.3 Å². The molecule has 0 aromatic heterocycles. The van der Waals surface area contributed by atoms with E-state index in [-0.39, 0.29) is 24.9 Å². The number of hydrogen-bond donors (Lipinski definition) is 3. The van der Waals surface area contributed by atoms with E-state index in [9.17, 15) is 19.8 Å². The van der Waals surface area contributed by atoms with Crippen molar-refractivity contribution >= 4 is 11.9 Å². The van der Waals surface area contributed by atoms with Gasteiger partial charge in [-0.05, 0) is 77.0 Å². The van der Waals surface area contributed by atoms with E-state index in [0.29, 0.717) is 19.3 Å². The highest BCUT2D eigenvalue weighted by Crippen LogP contribution is 2.18. The molecule has 0 fully saturated rings. The van der Waals surface area contributed by atoms with E-state index in [1.807, 2.05) is 0 Å². The van der Waals surface area contributed by atoms with Crippen LogP contribution >= 0.6 is 0 Å². The molecule has 3 unspecified atom stereocenters. The molecule has 0 aliphatic heterocycles. The van der Waals surface area contributed by atoms with Crippen LogP contribution in [0.2, 0.25) is 0 Å². The fraction of sp³-hybridized carbons (Fsp3) is 0.843. The van der Waals surface area contributed by atoms with Crippen molar-refractivity contribution in [2.24, 2.45) is 0 Å². The van der Waals surface area contributed by atoms with Crippen LogP contribution in [0.4, 0.5) is 0 Å². The Morgan fingerprint density at radius 3 is 1.46 bits per heavy atom. The Kier molecular flexibility index (Phi) is 43.6. The molecule has 1 amide bonds. The highest BCUT2D eigenvalue weighted by atomic mass is 16.5. The Morgan fingerprint density at radius 2 is 0.947 bits per heavy atom. The average molecular weight is 802 g/mol. The van der Waals surface area contributed by atoms with Gasteiger partial charge in [0.2, 0.25) is 5.91 Å². The van der Waals surface area contributed by atoms with Gasteiger partial charge >= 0.3 is 5.97 Å². The molecule has 3 N–H and O–H groups in total. The first-order valence-corrected chi connectivity index (χ1v) is 24.7. The van der Waals surface area contributed by atoms with Crippen LogP contribution < -0.4 is 5.32 Å². The Hall–Kier alpha value is -1.92. The number of allylic oxidation sites excluding steroid dienone is 6. The van der Waals surface area contributed by atoms with Gasteiger partial charge in [-0.3, -0.25) is 9.59 Å². The first-order valence-electron chi connectivity index (χ1n) is 24.7. The van der Waals surface area contributed by atoms with E-state index in [0.717, 1.165) is 77.0 Å². The normalized spacial score (nSPS) is 13.6. The molecule has 334 valence electrons. The second-order valence-electron chi connectivity index (χ2n) is 16.8. The lowest BCUT2D eigenvalue weighted by Gasteiger charge is -2.24. The van der Waals surface area contributed by atoms with Gasteiger partial charge in [0.25, 0.3) is 0 Å². The van der Waals surface area contributed by atoms with Crippen LogP contribution in [0.25, 0.3) is 0 Å². The van der Waals surface area contributed by atoms with E-state index in [2.05, 4.69) is 62.5 Å². The van der Waals surface area contributed by atoms with Crippen LogP contribution in [0, 0.1) is 0 Å². The van der Waals surface area contributed by atoms with Gasteiger partial charge in [0.05, 0.1) is 25.2 Å². The van der Waals surface area contributed by atoms with Crippen LogP contribution in [0.5, 0.6) is 0 Å². The van der Waals surface area contributed by atoms with Gasteiger partial charge in [-0.15, -0.1) is 0 Å².